The van der Waals surface area contributed by atoms with Gasteiger partial charge in [-0.3, -0.25) is 0 Å². The van der Waals surface area contributed by atoms with Crippen molar-refractivity contribution in [1.82, 2.24) is 0 Å². The monoisotopic (exact) mass is 275 g/mol. The van der Waals surface area contributed by atoms with Crippen LogP contribution >= 0.6 is 0 Å². The van der Waals surface area contributed by atoms with Crippen LogP contribution in [0.15, 0.2) is 90.2 Å². The van der Waals surface area contributed by atoms with Gasteiger partial charge in [0.2, 0.25) is 0 Å². The number of nitrogens with one attached hydrogen (secondary N) is 1. The second-order valence-corrected chi connectivity index (χ2v) is 5.49. The average Bonchev–Trinajstić information content (AvgIpc) is 2.51. The Morgan fingerprint density at radius 2 is 1.95 bits per heavy atom. The minimum Gasteiger partial charge on any atom is -0.358 e. The highest BCUT2D eigenvalue weighted by Crippen LogP contribution is 2.41. The fourth-order valence-electron chi connectivity index (χ4n) is 3.11. The first kappa shape index (κ1) is 13.7. The number of benzene rings is 1. The summed E-state index contributed by atoms with van der Waals surface area (Å²) in [5, 5.41) is 3.59. The molecule has 0 radical (unpaired) electrons. The van der Waals surface area contributed by atoms with Crippen molar-refractivity contribution in [3.63, 3.8) is 0 Å². The molecule has 2 aliphatic rings. The van der Waals surface area contributed by atoms with Gasteiger partial charge in [-0.2, -0.15) is 0 Å². The number of fused-ring (bicyclic) bond motifs is 2. The summed E-state index contributed by atoms with van der Waals surface area (Å²) in [4.78, 5) is 0. The van der Waals surface area contributed by atoms with E-state index in [1.165, 1.54) is 36.1 Å². The lowest BCUT2D eigenvalue weighted by Gasteiger charge is -2.33. The summed E-state index contributed by atoms with van der Waals surface area (Å²) in [5.41, 5.74) is 5.41. The lowest BCUT2D eigenvalue weighted by molar-refractivity contribution is 0.555. The van der Waals surface area contributed by atoms with Crippen molar-refractivity contribution in [1.29, 1.82) is 0 Å². The zero-order chi connectivity index (χ0) is 14.5. The van der Waals surface area contributed by atoms with Gasteiger partial charge in [0.1, 0.15) is 0 Å². The predicted molar refractivity (Wildman–Crippen MR) is 91.0 cm³/mol. The van der Waals surface area contributed by atoms with E-state index in [-0.39, 0.29) is 0 Å². The number of allylic oxidation sites excluding steroid dienone is 8. The van der Waals surface area contributed by atoms with Gasteiger partial charge in [-0.25, -0.2) is 0 Å². The molecule has 1 unspecified atom stereocenters. The minimum absolute atomic E-state index is 0.494. The van der Waals surface area contributed by atoms with Gasteiger partial charge >= 0.3 is 0 Å². The smallest absolute Gasteiger partial charge is 0.0381 e. The maximum Gasteiger partial charge on any atom is 0.0381 e. The van der Waals surface area contributed by atoms with Gasteiger partial charge in [0, 0.05) is 17.3 Å². The molecule has 0 spiro atoms. The summed E-state index contributed by atoms with van der Waals surface area (Å²) in [6, 6.07) is 10.4. The molecule has 1 saturated carbocycles. The van der Waals surface area contributed by atoms with Gasteiger partial charge in [-0.05, 0) is 48.6 Å². The SMILES string of the molecule is C=CC=CC=C1C2=CC=C(Nc3ccccc3)C1CCC2. The van der Waals surface area contributed by atoms with Gasteiger partial charge < -0.3 is 5.32 Å². The lowest BCUT2D eigenvalue weighted by atomic mass is 9.75. The maximum atomic E-state index is 3.73. The van der Waals surface area contributed by atoms with E-state index in [1.807, 2.05) is 18.2 Å². The normalized spacial score (nSPS) is 22.9. The summed E-state index contributed by atoms with van der Waals surface area (Å²) in [6.45, 7) is 3.73. The Hall–Kier alpha value is -2.28. The Bertz CT molecular complexity index is 629. The predicted octanol–water partition coefficient (Wildman–Crippen LogP) is 5.39. The molecule has 2 aliphatic carbocycles. The molecule has 21 heavy (non-hydrogen) atoms. The standard InChI is InChI=1S/C20H21N/c1-2-3-5-12-18-16-9-8-13-19(18)20(15-14-16)21-17-10-6-4-7-11-17/h2-7,10-12,14-15,19,21H,1,8-9,13H2. The van der Waals surface area contributed by atoms with E-state index < -0.39 is 0 Å². The van der Waals surface area contributed by atoms with Crippen molar-refractivity contribution in [3.05, 3.63) is 90.2 Å². The quantitative estimate of drug-likeness (QED) is 0.726. The van der Waals surface area contributed by atoms with Crippen LogP contribution in [0.1, 0.15) is 19.3 Å². The van der Waals surface area contributed by atoms with E-state index in [1.54, 1.807) is 0 Å². The number of para-hydroxylation sites is 1. The Kier molecular flexibility index (Phi) is 4.20. The van der Waals surface area contributed by atoms with Crippen molar-refractivity contribution in [2.45, 2.75) is 19.3 Å². The first-order valence-corrected chi connectivity index (χ1v) is 7.61. The van der Waals surface area contributed by atoms with E-state index in [9.17, 15) is 0 Å². The summed E-state index contributed by atoms with van der Waals surface area (Å²) in [6.07, 6.45) is 16.4. The van der Waals surface area contributed by atoms with Crippen LogP contribution in [-0.4, -0.2) is 0 Å². The highest BCUT2D eigenvalue weighted by atomic mass is 14.9. The third-order valence-corrected chi connectivity index (χ3v) is 4.11. The number of rotatable bonds is 4. The van der Waals surface area contributed by atoms with Gasteiger partial charge in [-0.1, -0.05) is 55.2 Å². The highest BCUT2D eigenvalue weighted by Gasteiger charge is 2.27. The number of hydrogen-bond donors (Lipinski definition) is 1. The van der Waals surface area contributed by atoms with Crippen molar-refractivity contribution in [3.8, 4) is 0 Å². The van der Waals surface area contributed by atoms with Crippen molar-refractivity contribution < 1.29 is 0 Å². The van der Waals surface area contributed by atoms with Crippen LogP contribution in [0.5, 0.6) is 0 Å². The van der Waals surface area contributed by atoms with E-state index in [0.29, 0.717) is 5.92 Å². The first-order valence-electron chi connectivity index (χ1n) is 7.61. The van der Waals surface area contributed by atoms with Crippen LogP contribution in [0, 0.1) is 5.92 Å². The fraction of sp³-hybridized carbons (Fsp3) is 0.200. The average molecular weight is 275 g/mol. The topological polar surface area (TPSA) is 12.0 Å². The molecule has 1 nitrogen and oxygen atoms in total. The van der Waals surface area contributed by atoms with E-state index >= 15 is 0 Å². The summed E-state index contributed by atoms with van der Waals surface area (Å²) in [5.74, 6) is 0.494. The minimum atomic E-state index is 0.494. The van der Waals surface area contributed by atoms with Crippen LogP contribution in [0.2, 0.25) is 0 Å². The second-order valence-electron chi connectivity index (χ2n) is 5.49. The molecule has 0 heterocycles. The van der Waals surface area contributed by atoms with E-state index in [2.05, 4.69) is 60.5 Å². The zero-order valence-corrected chi connectivity index (χ0v) is 12.3. The van der Waals surface area contributed by atoms with Crippen LogP contribution in [-0.2, 0) is 0 Å². The fourth-order valence-corrected chi connectivity index (χ4v) is 3.11. The Labute approximate surface area is 127 Å². The molecule has 0 aliphatic heterocycles. The second kappa shape index (κ2) is 6.45. The van der Waals surface area contributed by atoms with Crippen LogP contribution in [0.25, 0.3) is 0 Å². The molecule has 3 rings (SSSR count). The Morgan fingerprint density at radius 3 is 2.76 bits per heavy atom. The molecule has 1 atom stereocenters. The molecule has 1 heteroatoms. The highest BCUT2D eigenvalue weighted by molar-refractivity contribution is 5.56. The molecule has 1 aromatic carbocycles. The molecular weight excluding hydrogens is 254 g/mol. The molecule has 2 bridgehead atoms. The summed E-state index contributed by atoms with van der Waals surface area (Å²) >= 11 is 0. The number of hydrogen-bond acceptors (Lipinski definition) is 1. The van der Waals surface area contributed by atoms with Gasteiger partial charge in [0.15, 0.2) is 0 Å². The van der Waals surface area contributed by atoms with Gasteiger partial charge in [0.25, 0.3) is 0 Å². The van der Waals surface area contributed by atoms with Crippen LogP contribution in [0.4, 0.5) is 5.69 Å². The number of anilines is 1. The van der Waals surface area contributed by atoms with Gasteiger partial charge in [0.05, 0.1) is 0 Å². The Morgan fingerprint density at radius 1 is 1.10 bits per heavy atom. The largest absolute Gasteiger partial charge is 0.358 e. The van der Waals surface area contributed by atoms with Crippen molar-refractivity contribution in [2.24, 2.45) is 5.92 Å². The lowest BCUT2D eigenvalue weighted by Crippen LogP contribution is -2.22. The molecule has 0 aromatic heterocycles. The maximum absolute atomic E-state index is 3.73. The third-order valence-electron chi connectivity index (χ3n) is 4.11. The summed E-state index contributed by atoms with van der Waals surface area (Å²) in [7, 11) is 0. The molecule has 0 amide bonds. The van der Waals surface area contributed by atoms with Gasteiger partial charge in [-0.15, -0.1) is 0 Å². The molecule has 1 aromatic rings. The Balaban J connectivity index is 1.87. The third kappa shape index (κ3) is 3.08. The molecular formula is C20H21N. The van der Waals surface area contributed by atoms with E-state index in [4.69, 9.17) is 0 Å². The molecule has 106 valence electrons. The summed E-state index contributed by atoms with van der Waals surface area (Å²) < 4.78 is 0. The zero-order valence-electron chi connectivity index (χ0n) is 12.3. The first-order chi connectivity index (χ1) is 10.4. The molecule has 0 saturated heterocycles. The van der Waals surface area contributed by atoms with Crippen LogP contribution in [0.3, 0.4) is 0 Å². The molecule has 1 fully saturated rings. The van der Waals surface area contributed by atoms with Crippen LogP contribution < -0.4 is 5.32 Å². The molecule has 1 N–H and O–H groups in total. The van der Waals surface area contributed by atoms with Crippen molar-refractivity contribution >= 4 is 5.69 Å². The van der Waals surface area contributed by atoms with Crippen molar-refractivity contribution in [2.75, 3.05) is 5.32 Å². The van der Waals surface area contributed by atoms with E-state index in [0.717, 1.165) is 5.69 Å².